The van der Waals surface area contributed by atoms with E-state index in [1.54, 1.807) is 0 Å². The largest absolute Gasteiger partial charge is 0.416 e. The van der Waals surface area contributed by atoms with Crippen molar-refractivity contribution < 1.29 is 13.9 Å². The molecule has 1 N–H and O–H groups in total. The number of nitrogens with one attached hydrogen (secondary N) is 1. The first kappa shape index (κ1) is 15.0. The maximum Gasteiger partial charge on any atom is 0.416 e. The number of nitrogens with zero attached hydrogens (tertiary/aromatic N) is 1. The van der Waals surface area contributed by atoms with Crippen LogP contribution in [0, 0.1) is 0 Å². The van der Waals surface area contributed by atoms with Crippen molar-refractivity contribution in [1.82, 2.24) is 9.88 Å². The minimum atomic E-state index is -0.587. The van der Waals surface area contributed by atoms with Gasteiger partial charge in [0.25, 0.3) is 0 Å². The van der Waals surface area contributed by atoms with Crippen molar-refractivity contribution in [2.45, 2.75) is 45.3 Å². The van der Waals surface area contributed by atoms with E-state index in [0.717, 1.165) is 32.5 Å². The Morgan fingerprint density at radius 3 is 3.00 bits per heavy atom. The lowest BCUT2D eigenvalue weighted by molar-refractivity contribution is -0.0425. The van der Waals surface area contributed by atoms with Gasteiger partial charge >= 0.3 is 5.76 Å². The van der Waals surface area contributed by atoms with Crippen molar-refractivity contribution in [2.24, 2.45) is 0 Å². The summed E-state index contributed by atoms with van der Waals surface area (Å²) in [6.45, 7) is 7.01. The van der Waals surface area contributed by atoms with E-state index < -0.39 is 5.76 Å². The second-order valence-electron chi connectivity index (χ2n) is 5.44. The molecule has 1 atom stereocenters. The Hall–Kier alpha value is -1.40. The molecule has 0 aromatic carbocycles. The first-order valence-corrected chi connectivity index (χ1v) is 7.13. The molecule has 0 aliphatic carbocycles. The third-order valence-electron chi connectivity index (χ3n) is 3.63. The van der Waals surface area contributed by atoms with E-state index in [1.165, 1.54) is 6.20 Å². The highest BCUT2D eigenvalue weighted by Crippen LogP contribution is 2.15. The SMILES string of the molecule is CC(C)N1CCOC(CCCC(=O)c2c[nH]c(=O)o2)C1. The summed E-state index contributed by atoms with van der Waals surface area (Å²) in [5, 5.41) is 0. The number of carbonyl (C=O) groups is 1. The van der Waals surface area contributed by atoms with Crippen molar-refractivity contribution >= 4 is 5.78 Å². The van der Waals surface area contributed by atoms with Gasteiger partial charge in [-0.25, -0.2) is 4.79 Å². The highest BCUT2D eigenvalue weighted by molar-refractivity contribution is 5.92. The number of morpholine rings is 1. The highest BCUT2D eigenvalue weighted by Gasteiger charge is 2.22. The van der Waals surface area contributed by atoms with Gasteiger partial charge < -0.3 is 9.15 Å². The predicted molar refractivity (Wildman–Crippen MR) is 74.0 cm³/mol. The molecule has 1 unspecified atom stereocenters. The topological polar surface area (TPSA) is 75.5 Å². The molecule has 1 aliphatic heterocycles. The molecule has 0 bridgehead atoms. The Kier molecular flexibility index (Phi) is 5.14. The molecule has 0 amide bonds. The summed E-state index contributed by atoms with van der Waals surface area (Å²) in [6.07, 6.45) is 3.48. The van der Waals surface area contributed by atoms with Crippen LogP contribution in [-0.4, -0.2) is 47.5 Å². The second kappa shape index (κ2) is 6.85. The number of rotatable bonds is 6. The van der Waals surface area contributed by atoms with Crippen LogP contribution in [0.5, 0.6) is 0 Å². The monoisotopic (exact) mass is 282 g/mol. The molecule has 6 nitrogen and oxygen atoms in total. The molecule has 2 rings (SSSR count). The van der Waals surface area contributed by atoms with Crippen molar-refractivity contribution in [1.29, 1.82) is 0 Å². The maximum atomic E-state index is 11.8. The van der Waals surface area contributed by atoms with Gasteiger partial charge in [-0.05, 0) is 26.7 Å². The molecule has 1 aliphatic rings. The van der Waals surface area contributed by atoms with Crippen LogP contribution in [0.2, 0.25) is 0 Å². The van der Waals surface area contributed by atoms with Gasteiger partial charge in [0.2, 0.25) is 0 Å². The minimum Gasteiger partial charge on any atom is -0.405 e. The average molecular weight is 282 g/mol. The summed E-state index contributed by atoms with van der Waals surface area (Å²) >= 11 is 0. The fraction of sp³-hybridized carbons (Fsp3) is 0.714. The van der Waals surface area contributed by atoms with E-state index in [4.69, 9.17) is 9.15 Å². The summed E-state index contributed by atoms with van der Waals surface area (Å²) < 4.78 is 10.5. The molecule has 1 aromatic rings. The van der Waals surface area contributed by atoms with E-state index in [-0.39, 0.29) is 17.6 Å². The van der Waals surface area contributed by atoms with Crippen LogP contribution in [0.1, 0.15) is 43.7 Å². The first-order chi connectivity index (χ1) is 9.56. The highest BCUT2D eigenvalue weighted by atomic mass is 16.5. The molecule has 0 saturated carbocycles. The van der Waals surface area contributed by atoms with Crippen LogP contribution in [0.3, 0.4) is 0 Å². The van der Waals surface area contributed by atoms with Crippen molar-refractivity contribution in [3.8, 4) is 0 Å². The molecule has 1 fully saturated rings. The van der Waals surface area contributed by atoms with Gasteiger partial charge in [-0.1, -0.05) is 0 Å². The zero-order chi connectivity index (χ0) is 14.5. The molecule has 6 heteroatoms. The number of oxazole rings is 1. The zero-order valence-corrected chi connectivity index (χ0v) is 12.1. The third-order valence-corrected chi connectivity index (χ3v) is 3.63. The van der Waals surface area contributed by atoms with Gasteiger partial charge in [-0.2, -0.15) is 0 Å². The van der Waals surface area contributed by atoms with Gasteiger partial charge in [0.1, 0.15) is 0 Å². The number of hydrogen-bond acceptors (Lipinski definition) is 5. The smallest absolute Gasteiger partial charge is 0.405 e. The van der Waals surface area contributed by atoms with Gasteiger partial charge in [0, 0.05) is 25.6 Å². The number of aromatic amines is 1. The zero-order valence-electron chi connectivity index (χ0n) is 12.1. The quantitative estimate of drug-likeness (QED) is 0.799. The maximum absolute atomic E-state index is 11.8. The van der Waals surface area contributed by atoms with E-state index >= 15 is 0 Å². The Bertz CT molecular complexity index is 491. The summed E-state index contributed by atoms with van der Waals surface area (Å²) in [5.41, 5.74) is 0. The van der Waals surface area contributed by atoms with Crippen molar-refractivity contribution in [3.63, 3.8) is 0 Å². The lowest BCUT2D eigenvalue weighted by Crippen LogP contribution is -2.45. The van der Waals surface area contributed by atoms with E-state index in [2.05, 4.69) is 23.7 Å². The molecule has 1 saturated heterocycles. The number of aromatic nitrogens is 1. The molecule has 1 aromatic heterocycles. The Labute approximate surface area is 118 Å². The van der Waals surface area contributed by atoms with E-state index in [0.29, 0.717) is 12.5 Å². The second-order valence-corrected chi connectivity index (χ2v) is 5.44. The normalized spacial score (nSPS) is 20.4. The van der Waals surface area contributed by atoms with Crippen LogP contribution in [0.25, 0.3) is 0 Å². The molecule has 0 radical (unpaired) electrons. The number of Topliss-reactive ketones (excluding diaryl/α,β-unsaturated/α-hetero) is 1. The molecule has 0 spiro atoms. The minimum absolute atomic E-state index is 0.114. The van der Waals surface area contributed by atoms with E-state index in [9.17, 15) is 9.59 Å². The van der Waals surface area contributed by atoms with Crippen molar-refractivity contribution in [3.05, 3.63) is 22.5 Å². The van der Waals surface area contributed by atoms with E-state index in [1.807, 2.05) is 0 Å². The fourth-order valence-electron chi connectivity index (χ4n) is 2.42. The third kappa shape index (κ3) is 4.05. The lowest BCUT2D eigenvalue weighted by Gasteiger charge is -2.35. The van der Waals surface area contributed by atoms with Gasteiger partial charge in [-0.15, -0.1) is 0 Å². The standard InChI is InChI=1S/C14H22N2O4/c1-10(2)16-6-7-19-11(9-16)4-3-5-12(17)13-8-15-14(18)20-13/h8,10-11H,3-7,9H2,1-2H3,(H,15,18). The summed E-state index contributed by atoms with van der Waals surface area (Å²) in [6, 6.07) is 0.525. The van der Waals surface area contributed by atoms with Crippen LogP contribution >= 0.6 is 0 Å². The Morgan fingerprint density at radius 1 is 1.55 bits per heavy atom. The van der Waals surface area contributed by atoms with Gasteiger partial charge in [0.15, 0.2) is 11.5 Å². The molecular formula is C14H22N2O4. The lowest BCUT2D eigenvalue weighted by atomic mass is 10.1. The van der Waals surface area contributed by atoms with Crippen LogP contribution in [-0.2, 0) is 4.74 Å². The summed E-state index contributed by atoms with van der Waals surface area (Å²) in [4.78, 5) is 27.3. The Morgan fingerprint density at radius 2 is 2.35 bits per heavy atom. The fourth-order valence-corrected chi connectivity index (χ4v) is 2.42. The molecular weight excluding hydrogens is 260 g/mol. The number of ether oxygens (including phenoxy) is 1. The van der Waals surface area contributed by atoms with Crippen LogP contribution < -0.4 is 5.76 Å². The molecule has 2 heterocycles. The number of ketones is 1. The number of H-pyrrole nitrogens is 1. The van der Waals surface area contributed by atoms with Crippen LogP contribution in [0.15, 0.2) is 15.4 Å². The van der Waals surface area contributed by atoms with Gasteiger partial charge in [-0.3, -0.25) is 14.7 Å². The van der Waals surface area contributed by atoms with Gasteiger partial charge in [0.05, 0.1) is 18.9 Å². The first-order valence-electron chi connectivity index (χ1n) is 7.13. The van der Waals surface area contributed by atoms with Crippen LogP contribution in [0.4, 0.5) is 0 Å². The molecule has 20 heavy (non-hydrogen) atoms. The number of carbonyl (C=O) groups excluding carboxylic acids is 1. The average Bonchev–Trinajstić information content (AvgIpc) is 2.86. The Balaban J connectivity index is 1.73. The molecule has 112 valence electrons. The predicted octanol–water partition coefficient (Wildman–Crippen LogP) is 1.43. The summed E-state index contributed by atoms with van der Waals surface area (Å²) in [5.74, 6) is -0.611. The number of hydrogen-bond donors (Lipinski definition) is 1. The summed E-state index contributed by atoms with van der Waals surface area (Å²) in [7, 11) is 0. The van der Waals surface area contributed by atoms with Crippen molar-refractivity contribution in [2.75, 3.05) is 19.7 Å².